The first-order valence-corrected chi connectivity index (χ1v) is 6.84. The van der Waals surface area contributed by atoms with Gasteiger partial charge in [0.05, 0.1) is 0 Å². The van der Waals surface area contributed by atoms with Gasteiger partial charge in [0, 0.05) is 18.6 Å². The molecule has 4 nitrogen and oxygen atoms in total. The van der Waals surface area contributed by atoms with E-state index in [0.717, 1.165) is 13.1 Å². The second-order valence-corrected chi connectivity index (χ2v) is 5.53. The minimum Gasteiger partial charge on any atom is -0.410 e. The normalized spacial score (nSPS) is 18.2. The van der Waals surface area contributed by atoms with Crippen molar-refractivity contribution in [1.82, 2.24) is 10.2 Å². The smallest absolute Gasteiger partial charge is 0.410 e. The number of likely N-dealkylation sites (tertiary alicyclic amines) is 1. The first-order chi connectivity index (χ1) is 9.08. The molecular formula is C15H22N2O2. The molecule has 0 unspecified atom stereocenters. The van der Waals surface area contributed by atoms with Gasteiger partial charge < -0.3 is 10.1 Å². The molecule has 4 heteroatoms. The zero-order chi connectivity index (χ0) is 13.7. The summed E-state index contributed by atoms with van der Waals surface area (Å²) >= 11 is 0. The molecule has 0 bridgehead atoms. The summed E-state index contributed by atoms with van der Waals surface area (Å²) in [4.78, 5) is 14.0. The highest BCUT2D eigenvalue weighted by molar-refractivity contribution is 5.70. The maximum Gasteiger partial charge on any atom is 0.412 e. The van der Waals surface area contributed by atoms with Crippen LogP contribution in [0, 0.1) is 0 Å². The Labute approximate surface area is 114 Å². The van der Waals surface area contributed by atoms with Crippen LogP contribution >= 0.6 is 0 Å². The average Bonchev–Trinajstić information content (AvgIpc) is 2.70. The fourth-order valence-corrected chi connectivity index (χ4v) is 2.50. The Kier molecular flexibility index (Phi) is 4.43. The van der Waals surface area contributed by atoms with Gasteiger partial charge in [0.15, 0.2) is 0 Å². The molecule has 1 fully saturated rings. The molecule has 1 aliphatic heterocycles. The molecule has 1 amide bonds. The van der Waals surface area contributed by atoms with Gasteiger partial charge in [-0.25, -0.2) is 4.79 Å². The predicted octanol–water partition coefficient (Wildman–Crippen LogP) is 2.65. The second-order valence-electron chi connectivity index (χ2n) is 5.53. The van der Waals surface area contributed by atoms with Crippen LogP contribution in [0.25, 0.3) is 0 Å². The van der Waals surface area contributed by atoms with E-state index < -0.39 is 0 Å². The summed E-state index contributed by atoms with van der Waals surface area (Å²) in [7, 11) is 0. The van der Waals surface area contributed by atoms with Crippen LogP contribution in [0.15, 0.2) is 30.3 Å². The Morgan fingerprint density at radius 2 is 2.11 bits per heavy atom. The number of nitrogens with zero attached hydrogens (tertiary/aromatic N) is 1. The number of carbonyl (C=O) groups excluding carboxylic acids is 1. The Hall–Kier alpha value is -1.55. The van der Waals surface area contributed by atoms with Crippen molar-refractivity contribution < 1.29 is 9.53 Å². The number of ether oxygens (including phenoxy) is 1. The lowest BCUT2D eigenvalue weighted by Gasteiger charge is -2.31. The van der Waals surface area contributed by atoms with Gasteiger partial charge >= 0.3 is 6.09 Å². The summed E-state index contributed by atoms with van der Waals surface area (Å²) in [5.74, 6) is 0.571. The van der Waals surface area contributed by atoms with Crippen LogP contribution in [-0.2, 0) is 0 Å². The van der Waals surface area contributed by atoms with Crippen molar-refractivity contribution in [2.24, 2.45) is 0 Å². The van der Waals surface area contributed by atoms with E-state index in [1.54, 1.807) is 12.1 Å². The average molecular weight is 262 g/mol. The predicted molar refractivity (Wildman–Crippen MR) is 75.4 cm³/mol. The number of benzene rings is 1. The van der Waals surface area contributed by atoms with Gasteiger partial charge in [-0.05, 0) is 45.4 Å². The van der Waals surface area contributed by atoms with Crippen LogP contribution in [0.3, 0.4) is 0 Å². The van der Waals surface area contributed by atoms with E-state index in [2.05, 4.69) is 24.1 Å². The zero-order valence-corrected chi connectivity index (χ0v) is 11.7. The lowest BCUT2D eigenvalue weighted by Crippen LogP contribution is -2.43. The minimum atomic E-state index is -0.386. The molecule has 2 rings (SSSR count). The summed E-state index contributed by atoms with van der Waals surface area (Å²) in [6.45, 7) is 7.11. The summed E-state index contributed by atoms with van der Waals surface area (Å²) in [6.07, 6.45) is 2.08. The molecule has 0 radical (unpaired) electrons. The van der Waals surface area contributed by atoms with E-state index in [0.29, 0.717) is 12.3 Å². The highest BCUT2D eigenvalue weighted by Crippen LogP contribution is 2.27. The highest BCUT2D eigenvalue weighted by atomic mass is 16.6. The highest BCUT2D eigenvalue weighted by Gasteiger charge is 2.31. The number of rotatable bonds is 4. The van der Waals surface area contributed by atoms with Gasteiger partial charge in [-0.1, -0.05) is 18.2 Å². The van der Waals surface area contributed by atoms with Crippen molar-refractivity contribution in [3.63, 3.8) is 0 Å². The van der Waals surface area contributed by atoms with E-state index >= 15 is 0 Å². The van der Waals surface area contributed by atoms with E-state index in [1.165, 1.54) is 12.8 Å². The molecule has 104 valence electrons. The Morgan fingerprint density at radius 3 is 2.74 bits per heavy atom. The monoisotopic (exact) mass is 262 g/mol. The third kappa shape index (κ3) is 3.96. The Morgan fingerprint density at radius 1 is 1.37 bits per heavy atom. The molecule has 1 N–H and O–H groups in total. The van der Waals surface area contributed by atoms with Crippen LogP contribution in [-0.4, -0.2) is 36.2 Å². The van der Waals surface area contributed by atoms with Crippen molar-refractivity contribution >= 4 is 6.09 Å². The van der Waals surface area contributed by atoms with Crippen LogP contribution < -0.4 is 10.1 Å². The Bertz CT molecular complexity index is 417. The maximum absolute atomic E-state index is 11.6. The zero-order valence-electron chi connectivity index (χ0n) is 11.7. The third-order valence-corrected chi connectivity index (χ3v) is 3.68. The minimum absolute atomic E-state index is 0.255. The first-order valence-electron chi connectivity index (χ1n) is 6.84. The molecule has 1 aliphatic rings. The Balaban J connectivity index is 1.70. The van der Waals surface area contributed by atoms with Crippen molar-refractivity contribution in [2.45, 2.75) is 32.2 Å². The fraction of sp³-hybridized carbons (Fsp3) is 0.533. The van der Waals surface area contributed by atoms with E-state index in [4.69, 9.17) is 4.74 Å². The molecule has 0 aliphatic carbocycles. The molecule has 19 heavy (non-hydrogen) atoms. The lowest BCUT2D eigenvalue weighted by atomic mass is 10.0. The number of para-hydroxylation sites is 1. The largest absolute Gasteiger partial charge is 0.412 e. The number of nitrogens with one attached hydrogen (secondary N) is 1. The van der Waals surface area contributed by atoms with Crippen molar-refractivity contribution in [3.8, 4) is 5.75 Å². The van der Waals surface area contributed by atoms with Gasteiger partial charge in [0.1, 0.15) is 5.75 Å². The van der Waals surface area contributed by atoms with Crippen LogP contribution in [0.5, 0.6) is 5.75 Å². The first kappa shape index (κ1) is 13.9. The lowest BCUT2D eigenvalue weighted by molar-refractivity contribution is 0.169. The third-order valence-electron chi connectivity index (χ3n) is 3.68. The molecule has 0 saturated carbocycles. The van der Waals surface area contributed by atoms with Crippen molar-refractivity contribution in [3.05, 3.63) is 30.3 Å². The molecule has 0 aromatic heterocycles. The van der Waals surface area contributed by atoms with E-state index in [1.807, 2.05) is 18.2 Å². The van der Waals surface area contributed by atoms with Crippen molar-refractivity contribution in [2.75, 3.05) is 19.6 Å². The quantitative estimate of drug-likeness (QED) is 0.907. The standard InChI is InChI=1S/C15H22N2O2/c1-15(2)9-6-11-17(15)12-10-16-14(18)19-13-7-4-3-5-8-13/h3-5,7-8H,6,9-12H2,1-2H3,(H,16,18). The molecule has 1 heterocycles. The van der Waals surface area contributed by atoms with E-state index in [-0.39, 0.29) is 11.6 Å². The summed E-state index contributed by atoms with van der Waals surface area (Å²) < 4.78 is 5.16. The van der Waals surface area contributed by atoms with Gasteiger partial charge in [-0.3, -0.25) is 4.90 Å². The van der Waals surface area contributed by atoms with Gasteiger partial charge in [0.25, 0.3) is 0 Å². The second kappa shape index (κ2) is 6.06. The van der Waals surface area contributed by atoms with Crippen LogP contribution in [0.2, 0.25) is 0 Å². The number of carbonyl (C=O) groups is 1. The number of amides is 1. The van der Waals surface area contributed by atoms with Crippen LogP contribution in [0.4, 0.5) is 4.79 Å². The summed E-state index contributed by atoms with van der Waals surface area (Å²) in [5.41, 5.74) is 0.255. The molecule has 1 aromatic carbocycles. The molecular weight excluding hydrogens is 240 g/mol. The number of hydrogen-bond acceptors (Lipinski definition) is 3. The van der Waals surface area contributed by atoms with Gasteiger partial charge in [0.2, 0.25) is 0 Å². The van der Waals surface area contributed by atoms with Crippen molar-refractivity contribution in [1.29, 1.82) is 0 Å². The van der Waals surface area contributed by atoms with Gasteiger partial charge in [-0.15, -0.1) is 0 Å². The fourth-order valence-electron chi connectivity index (χ4n) is 2.50. The topological polar surface area (TPSA) is 41.6 Å². The molecule has 0 atom stereocenters. The summed E-state index contributed by atoms with van der Waals surface area (Å²) in [6, 6.07) is 9.11. The summed E-state index contributed by atoms with van der Waals surface area (Å²) in [5, 5.41) is 2.79. The molecule has 1 saturated heterocycles. The van der Waals surface area contributed by atoms with E-state index in [9.17, 15) is 4.79 Å². The van der Waals surface area contributed by atoms with Gasteiger partial charge in [-0.2, -0.15) is 0 Å². The maximum atomic E-state index is 11.6. The van der Waals surface area contributed by atoms with Crippen LogP contribution in [0.1, 0.15) is 26.7 Å². The number of hydrogen-bond donors (Lipinski definition) is 1. The molecule has 0 spiro atoms. The molecule has 1 aromatic rings. The SMILES string of the molecule is CC1(C)CCCN1CCNC(=O)Oc1ccccc1.